The van der Waals surface area contributed by atoms with Gasteiger partial charge in [0.2, 0.25) is 5.91 Å². The van der Waals surface area contributed by atoms with Crippen LogP contribution in [0.4, 0.5) is 5.69 Å². The zero-order valence-electron chi connectivity index (χ0n) is 10.6. The molecule has 104 valence electrons. The maximum absolute atomic E-state index is 11.8. The third kappa shape index (κ3) is 2.91. The van der Waals surface area contributed by atoms with Crippen molar-refractivity contribution in [2.45, 2.75) is 12.5 Å². The molecule has 2 rings (SSSR count). The summed E-state index contributed by atoms with van der Waals surface area (Å²) in [5.74, 6) is -0.552. The number of hydrogen-bond acceptors (Lipinski definition) is 4. The van der Waals surface area contributed by atoms with Gasteiger partial charge in [-0.1, -0.05) is 11.6 Å². The number of carbonyl (C=O) groups excluding carboxylic acids is 1. The largest absolute Gasteiger partial charge is 0.367 e. The maximum atomic E-state index is 11.8. The Morgan fingerprint density at radius 3 is 2.75 bits per heavy atom. The van der Waals surface area contributed by atoms with Crippen molar-refractivity contribution in [3.05, 3.63) is 52.0 Å². The number of nitrogens with zero attached hydrogens (tertiary/aromatic N) is 2. The second kappa shape index (κ2) is 5.76. The van der Waals surface area contributed by atoms with Gasteiger partial charge in [0.25, 0.3) is 0 Å². The van der Waals surface area contributed by atoms with E-state index in [1.54, 1.807) is 25.1 Å². The molecule has 0 aliphatic rings. The minimum absolute atomic E-state index is 0.443. The molecule has 5 nitrogen and oxygen atoms in total. The van der Waals surface area contributed by atoms with E-state index >= 15 is 0 Å². The van der Waals surface area contributed by atoms with Gasteiger partial charge >= 0.3 is 0 Å². The minimum Gasteiger partial charge on any atom is -0.367 e. The minimum atomic E-state index is -1.17. The fourth-order valence-electron chi connectivity index (χ4n) is 1.67. The number of hydrogen-bond donors (Lipinski definition) is 2. The Bertz CT molecular complexity index is 638. The number of aromatic nitrogens is 2. The molecule has 1 aromatic heterocycles. The first-order valence-electron chi connectivity index (χ1n) is 5.73. The smallest absolute Gasteiger partial charge is 0.249 e. The first kappa shape index (κ1) is 14.7. The molecule has 0 saturated heterocycles. The Labute approximate surface area is 129 Å². The van der Waals surface area contributed by atoms with Crippen LogP contribution < -0.4 is 11.1 Å². The summed E-state index contributed by atoms with van der Waals surface area (Å²) in [4.78, 5) is 19.9. The Balaban J connectivity index is 2.39. The van der Waals surface area contributed by atoms with Crippen LogP contribution in [-0.2, 0) is 10.3 Å². The van der Waals surface area contributed by atoms with E-state index in [-0.39, 0.29) is 0 Å². The van der Waals surface area contributed by atoms with Crippen molar-refractivity contribution in [1.82, 2.24) is 9.97 Å². The summed E-state index contributed by atoms with van der Waals surface area (Å²) in [6.07, 6.45) is 4.54. The number of nitrogens with two attached hydrogens (primary N) is 1. The van der Waals surface area contributed by atoms with Crippen molar-refractivity contribution < 1.29 is 4.79 Å². The van der Waals surface area contributed by atoms with Gasteiger partial charge in [-0.2, -0.15) is 0 Å². The van der Waals surface area contributed by atoms with Crippen LogP contribution in [0.2, 0.25) is 5.02 Å². The van der Waals surface area contributed by atoms with Gasteiger partial charge in [-0.25, -0.2) is 0 Å². The zero-order valence-corrected chi connectivity index (χ0v) is 12.9. The van der Waals surface area contributed by atoms with E-state index in [1.165, 1.54) is 18.6 Å². The molecule has 0 radical (unpaired) electrons. The van der Waals surface area contributed by atoms with Gasteiger partial charge in [0.1, 0.15) is 0 Å². The van der Waals surface area contributed by atoms with E-state index in [4.69, 9.17) is 17.3 Å². The van der Waals surface area contributed by atoms with Crippen LogP contribution in [0.25, 0.3) is 0 Å². The first-order valence-corrected chi connectivity index (χ1v) is 6.90. The highest BCUT2D eigenvalue weighted by Gasteiger charge is 2.35. The van der Waals surface area contributed by atoms with Gasteiger partial charge in [-0.05, 0) is 41.1 Å². The van der Waals surface area contributed by atoms with E-state index < -0.39 is 11.4 Å². The summed E-state index contributed by atoms with van der Waals surface area (Å²) in [6, 6.07) is 5.23. The Hall–Kier alpha value is -1.66. The van der Waals surface area contributed by atoms with Gasteiger partial charge in [0.15, 0.2) is 5.54 Å². The first-order chi connectivity index (χ1) is 9.43. The summed E-state index contributed by atoms with van der Waals surface area (Å²) in [6.45, 7) is 1.65. The molecule has 2 aromatic rings. The van der Waals surface area contributed by atoms with Crippen LogP contribution in [0.1, 0.15) is 12.6 Å². The Morgan fingerprint density at radius 1 is 1.45 bits per heavy atom. The number of amides is 1. The highest BCUT2D eigenvalue weighted by atomic mass is 79.9. The summed E-state index contributed by atoms with van der Waals surface area (Å²) in [5.41, 5.74) is 5.48. The number of rotatable bonds is 4. The molecule has 0 aliphatic carbocycles. The van der Waals surface area contributed by atoms with Crippen molar-refractivity contribution in [1.29, 1.82) is 0 Å². The molecule has 3 N–H and O–H groups in total. The normalized spacial score (nSPS) is 13.6. The van der Waals surface area contributed by atoms with E-state index in [9.17, 15) is 4.79 Å². The monoisotopic (exact) mass is 354 g/mol. The number of benzene rings is 1. The molecule has 0 spiro atoms. The van der Waals surface area contributed by atoms with Crippen LogP contribution in [0, 0.1) is 0 Å². The lowest BCUT2D eigenvalue weighted by molar-refractivity contribution is -0.122. The number of anilines is 1. The third-order valence-electron chi connectivity index (χ3n) is 2.88. The lowest BCUT2D eigenvalue weighted by Crippen LogP contribution is -2.45. The molecule has 0 fully saturated rings. The van der Waals surface area contributed by atoms with Gasteiger partial charge in [0, 0.05) is 22.6 Å². The lowest BCUT2D eigenvalue weighted by atomic mass is 9.96. The molecular weight excluding hydrogens is 344 g/mol. The Kier molecular flexibility index (Phi) is 4.25. The highest BCUT2D eigenvalue weighted by molar-refractivity contribution is 9.10. The molecular formula is C13H12BrClN4O. The van der Waals surface area contributed by atoms with Crippen molar-refractivity contribution in [3.63, 3.8) is 0 Å². The quantitative estimate of drug-likeness (QED) is 0.883. The van der Waals surface area contributed by atoms with E-state index in [2.05, 4.69) is 31.2 Å². The molecule has 0 aliphatic heterocycles. The van der Waals surface area contributed by atoms with Crippen molar-refractivity contribution >= 4 is 39.1 Å². The van der Waals surface area contributed by atoms with E-state index in [0.29, 0.717) is 16.4 Å². The van der Waals surface area contributed by atoms with Crippen molar-refractivity contribution in [2.24, 2.45) is 5.73 Å². The summed E-state index contributed by atoms with van der Waals surface area (Å²) < 4.78 is 0.718. The predicted molar refractivity (Wildman–Crippen MR) is 81.4 cm³/mol. The second-order valence-electron chi connectivity index (χ2n) is 4.33. The van der Waals surface area contributed by atoms with Crippen molar-refractivity contribution in [3.8, 4) is 0 Å². The molecule has 7 heteroatoms. The maximum Gasteiger partial charge on any atom is 0.249 e. The number of carbonyl (C=O) groups is 1. The zero-order chi connectivity index (χ0) is 14.8. The molecule has 1 heterocycles. The fraction of sp³-hybridized carbons (Fsp3) is 0.154. The summed E-state index contributed by atoms with van der Waals surface area (Å²) in [7, 11) is 0. The summed E-state index contributed by atoms with van der Waals surface area (Å²) in [5, 5.41) is 3.65. The molecule has 0 bridgehead atoms. The lowest BCUT2D eigenvalue weighted by Gasteiger charge is -2.27. The van der Waals surface area contributed by atoms with E-state index in [0.717, 1.165) is 4.47 Å². The number of halogens is 2. The van der Waals surface area contributed by atoms with Crippen LogP contribution in [-0.4, -0.2) is 15.9 Å². The van der Waals surface area contributed by atoms with Crippen LogP contribution in [0.5, 0.6) is 0 Å². The van der Waals surface area contributed by atoms with Gasteiger partial charge in [-0.15, -0.1) is 0 Å². The molecule has 0 saturated carbocycles. The number of nitrogens with one attached hydrogen (secondary N) is 1. The van der Waals surface area contributed by atoms with Crippen molar-refractivity contribution in [2.75, 3.05) is 5.32 Å². The molecule has 1 unspecified atom stereocenters. The summed E-state index contributed by atoms with van der Waals surface area (Å²) >= 11 is 9.27. The fourth-order valence-corrected chi connectivity index (χ4v) is 2.17. The molecule has 20 heavy (non-hydrogen) atoms. The molecule has 1 aromatic carbocycles. The predicted octanol–water partition coefficient (Wildman–Crippen LogP) is 2.71. The SMILES string of the molecule is CC(Nc1ccc(Cl)c(Br)c1)(C(N)=O)c1cnccn1. The standard InChI is InChI=1S/C13H12BrClN4O/c1-13(12(16)20,11-7-17-4-5-18-11)19-8-2-3-10(15)9(14)6-8/h2-7,19H,1H3,(H2,16,20). The topological polar surface area (TPSA) is 80.9 Å². The average molecular weight is 356 g/mol. The van der Waals surface area contributed by atoms with Gasteiger partial charge in [-0.3, -0.25) is 14.8 Å². The van der Waals surface area contributed by atoms with Crippen LogP contribution in [0.15, 0.2) is 41.3 Å². The second-order valence-corrected chi connectivity index (χ2v) is 5.60. The average Bonchev–Trinajstić information content (AvgIpc) is 2.43. The Morgan fingerprint density at radius 2 is 2.20 bits per heavy atom. The van der Waals surface area contributed by atoms with Gasteiger partial charge in [0.05, 0.1) is 16.9 Å². The van der Waals surface area contributed by atoms with Crippen LogP contribution >= 0.6 is 27.5 Å². The van der Waals surface area contributed by atoms with Gasteiger partial charge < -0.3 is 11.1 Å². The number of primary amides is 1. The van der Waals surface area contributed by atoms with E-state index in [1.807, 2.05) is 0 Å². The molecule has 1 atom stereocenters. The third-order valence-corrected chi connectivity index (χ3v) is 4.10. The van der Waals surface area contributed by atoms with Crippen LogP contribution in [0.3, 0.4) is 0 Å². The molecule has 1 amide bonds. The highest BCUT2D eigenvalue weighted by Crippen LogP contribution is 2.29.